The van der Waals surface area contributed by atoms with Gasteiger partial charge in [-0.1, -0.05) is 0 Å². The first-order valence-electron chi connectivity index (χ1n) is 5.01. The molecule has 1 aliphatic rings. The number of rotatable bonds is 3. The van der Waals surface area contributed by atoms with E-state index >= 15 is 0 Å². The number of pyridine rings is 1. The second-order valence-corrected chi connectivity index (χ2v) is 3.72. The molecule has 0 aliphatic carbocycles. The van der Waals surface area contributed by atoms with E-state index in [4.69, 9.17) is 0 Å². The number of anilines is 1. The summed E-state index contributed by atoms with van der Waals surface area (Å²) in [7, 11) is 0. The Labute approximate surface area is 86.9 Å². The van der Waals surface area contributed by atoms with Crippen LogP contribution in [0.5, 0.6) is 0 Å². The van der Waals surface area contributed by atoms with Gasteiger partial charge in [-0.05, 0) is 25.4 Å². The molecule has 1 unspecified atom stereocenters. The summed E-state index contributed by atoms with van der Waals surface area (Å²) in [6.07, 6.45) is 2.09. The summed E-state index contributed by atoms with van der Waals surface area (Å²) >= 11 is 0. The van der Waals surface area contributed by atoms with Gasteiger partial charge in [0, 0.05) is 12.6 Å². The number of nitrogens with zero attached hydrogens (tertiary/aromatic N) is 1. The van der Waals surface area contributed by atoms with Crippen molar-refractivity contribution in [1.29, 1.82) is 0 Å². The number of nitrogens with one attached hydrogen (secondary N) is 2. The molecule has 3 nitrogen and oxygen atoms in total. The van der Waals surface area contributed by atoms with Gasteiger partial charge < -0.3 is 10.6 Å². The molecule has 2 heterocycles. The van der Waals surface area contributed by atoms with E-state index < -0.39 is 11.6 Å². The Balaban J connectivity index is 1.92. The minimum absolute atomic E-state index is 0.128. The van der Waals surface area contributed by atoms with Crippen LogP contribution in [-0.2, 0) is 0 Å². The maximum Gasteiger partial charge on any atom is 0.168 e. The standard InChI is InChI=1S/C10H13F2N3/c11-8-3-9(12)10(15-6-8)14-5-7-1-2-13-4-7/h3,6-7,13H,1-2,4-5H2,(H,14,15). The third kappa shape index (κ3) is 2.62. The van der Waals surface area contributed by atoms with Crippen LogP contribution in [0.1, 0.15) is 6.42 Å². The van der Waals surface area contributed by atoms with Crippen LogP contribution in [0.4, 0.5) is 14.6 Å². The molecule has 1 aromatic rings. The zero-order valence-electron chi connectivity index (χ0n) is 8.26. The molecule has 0 spiro atoms. The number of hydrogen-bond donors (Lipinski definition) is 2. The molecule has 1 aromatic heterocycles. The van der Waals surface area contributed by atoms with Gasteiger partial charge in [0.1, 0.15) is 5.82 Å². The highest BCUT2D eigenvalue weighted by atomic mass is 19.1. The minimum Gasteiger partial charge on any atom is -0.367 e. The van der Waals surface area contributed by atoms with Gasteiger partial charge in [-0.15, -0.1) is 0 Å². The molecule has 15 heavy (non-hydrogen) atoms. The lowest BCUT2D eigenvalue weighted by molar-refractivity contribution is 0.569. The van der Waals surface area contributed by atoms with Crippen molar-refractivity contribution in [3.63, 3.8) is 0 Å². The predicted octanol–water partition coefficient (Wildman–Crippen LogP) is 1.38. The van der Waals surface area contributed by atoms with Gasteiger partial charge in [0.25, 0.3) is 0 Å². The first kappa shape index (κ1) is 10.3. The van der Waals surface area contributed by atoms with Gasteiger partial charge in [0.2, 0.25) is 0 Å². The Morgan fingerprint density at radius 2 is 2.40 bits per heavy atom. The normalized spacial score (nSPS) is 20.5. The molecule has 0 bridgehead atoms. The van der Waals surface area contributed by atoms with Crippen molar-refractivity contribution in [2.45, 2.75) is 6.42 Å². The van der Waals surface area contributed by atoms with Crippen LogP contribution in [0.25, 0.3) is 0 Å². The van der Waals surface area contributed by atoms with Gasteiger partial charge in [0.05, 0.1) is 6.20 Å². The Morgan fingerprint density at radius 3 is 3.07 bits per heavy atom. The van der Waals surface area contributed by atoms with Gasteiger partial charge >= 0.3 is 0 Å². The van der Waals surface area contributed by atoms with Crippen molar-refractivity contribution >= 4 is 5.82 Å². The Kier molecular flexibility index (Phi) is 3.11. The quantitative estimate of drug-likeness (QED) is 0.796. The summed E-state index contributed by atoms with van der Waals surface area (Å²) in [6, 6.07) is 0.836. The molecule has 82 valence electrons. The molecule has 1 fully saturated rings. The lowest BCUT2D eigenvalue weighted by Gasteiger charge is -2.10. The monoisotopic (exact) mass is 213 g/mol. The highest BCUT2D eigenvalue weighted by Crippen LogP contribution is 2.13. The zero-order valence-corrected chi connectivity index (χ0v) is 8.26. The lowest BCUT2D eigenvalue weighted by atomic mass is 10.1. The van der Waals surface area contributed by atoms with Gasteiger partial charge in [-0.3, -0.25) is 0 Å². The second kappa shape index (κ2) is 4.53. The maximum atomic E-state index is 13.1. The van der Waals surface area contributed by atoms with E-state index in [1.807, 2.05) is 0 Å². The summed E-state index contributed by atoms with van der Waals surface area (Å²) in [6.45, 7) is 2.62. The molecule has 0 amide bonds. The Hall–Kier alpha value is -1.23. The van der Waals surface area contributed by atoms with E-state index in [-0.39, 0.29) is 5.82 Å². The molecule has 1 aliphatic heterocycles. The van der Waals surface area contributed by atoms with Crippen LogP contribution in [0.15, 0.2) is 12.3 Å². The highest BCUT2D eigenvalue weighted by molar-refractivity contribution is 5.35. The van der Waals surface area contributed by atoms with Gasteiger partial charge in [0.15, 0.2) is 11.6 Å². The van der Waals surface area contributed by atoms with Crippen LogP contribution in [0.2, 0.25) is 0 Å². The molecule has 2 N–H and O–H groups in total. The SMILES string of the molecule is Fc1cnc(NCC2CCNC2)c(F)c1. The van der Waals surface area contributed by atoms with Crippen molar-refractivity contribution in [2.24, 2.45) is 5.92 Å². The van der Waals surface area contributed by atoms with Crippen LogP contribution in [-0.4, -0.2) is 24.6 Å². The molecule has 2 rings (SSSR count). The lowest BCUT2D eigenvalue weighted by Crippen LogP contribution is -2.18. The van der Waals surface area contributed by atoms with Gasteiger partial charge in [-0.25, -0.2) is 13.8 Å². The van der Waals surface area contributed by atoms with Crippen molar-refractivity contribution in [1.82, 2.24) is 10.3 Å². The Bertz CT molecular complexity index is 337. The molecule has 0 aromatic carbocycles. The van der Waals surface area contributed by atoms with E-state index in [0.717, 1.165) is 31.8 Å². The second-order valence-electron chi connectivity index (χ2n) is 3.72. The molecule has 5 heteroatoms. The van der Waals surface area contributed by atoms with Gasteiger partial charge in [-0.2, -0.15) is 0 Å². The zero-order chi connectivity index (χ0) is 10.7. The van der Waals surface area contributed by atoms with Crippen LogP contribution >= 0.6 is 0 Å². The molecular weight excluding hydrogens is 200 g/mol. The topological polar surface area (TPSA) is 37.0 Å². The molecule has 1 atom stereocenters. The van der Waals surface area contributed by atoms with Crippen LogP contribution in [0, 0.1) is 17.6 Å². The summed E-state index contributed by atoms with van der Waals surface area (Å²) in [5, 5.41) is 6.11. The number of halogens is 2. The van der Waals surface area contributed by atoms with E-state index in [9.17, 15) is 8.78 Å². The minimum atomic E-state index is -0.652. The Morgan fingerprint density at radius 1 is 1.53 bits per heavy atom. The molecule has 1 saturated heterocycles. The first-order valence-corrected chi connectivity index (χ1v) is 5.01. The molecular formula is C10H13F2N3. The molecule has 0 radical (unpaired) electrons. The summed E-state index contributed by atoms with van der Waals surface area (Å²) in [4.78, 5) is 3.66. The molecule has 0 saturated carbocycles. The van der Waals surface area contributed by atoms with Crippen molar-refractivity contribution < 1.29 is 8.78 Å². The van der Waals surface area contributed by atoms with E-state index in [2.05, 4.69) is 15.6 Å². The van der Waals surface area contributed by atoms with Crippen LogP contribution in [0.3, 0.4) is 0 Å². The smallest absolute Gasteiger partial charge is 0.168 e. The maximum absolute atomic E-state index is 13.1. The predicted molar refractivity (Wildman–Crippen MR) is 53.6 cm³/mol. The number of hydrogen-bond acceptors (Lipinski definition) is 3. The summed E-state index contributed by atoms with van der Waals surface area (Å²) in [5.74, 6) is -0.666. The fraction of sp³-hybridized carbons (Fsp3) is 0.500. The van der Waals surface area contributed by atoms with Crippen molar-refractivity contribution in [3.05, 3.63) is 23.9 Å². The average Bonchev–Trinajstić information content (AvgIpc) is 2.69. The van der Waals surface area contributed by atoms with E-state index in [1.165, 1.54) is 0 Å². The van der Waals surface area contributed by atoms with E-state index in [1.54, 1.807) is 0 Å². The van der Waals surface area contributed by atoms with Crippen LogP contribution < -0.4 is 10.6 Å². The third-order valence-electron chi connectivity index (χ3n) is 2.53. The number of aromatic nitrogens is 1. The highest BCUT2D eigenvalue weighted by Gasteiger charge is 2.15. The fourth-order valence-corrected chi connectivity index (χ4v) is 1.67. The fourth-order valence-electron chi connectivity index (χ4n) is 1.67. The van der Waals surface area contributed by atoms with Crippen molar-refractivity contribution in [2.75, 3.05) is 25.0 Å². The first-order chi connectivity index (χ1) is 7.25. The van der Waals surface area contributed by atoms with Crippen molar-refractivity contribution in [3.8, 4) is 0 Å². The van der Waals surface area contributed by atoms with E-state index in [0.29, 0.717) is 12.5 Å². The summed E-state index contributed by atoms with van der Waals surface area (Å²) in [5.41, 5.74) is 0. The third-order valence-corrected chi connectivity index (χ3v) is 2.53. The largest absolute Gasteiger partial charge is 0.367 e. The average molecular weight is 213 g/mol. The summed E-state index contributed by atoms with van der Waals surface area (Å²) < 4.78 is 25.7.